The second-order valence-electron chi connectivity index (χ2n) is 4.78. The standard InChI is InChI=1S/C14H17N3O/c15-9-10-1-5-12(6-2-10)17-13-7-3-11(4-8-13)14(16)18/h1-2,5-6,11,13,17H,3-4,7-8H2,(H2,16,18). The molecule has 1 amide bonds. The summed E-state index contributed by atoms with van der Waals surface area (Å²) in [6.07, 6.45) is 3.66. The highest BCUT2D eigenvalue weighted by atomic mass is 16.1. The van der Waals surface area contributed by atoms with Crippen molar-refractivity contribution in [3.63, 3.8) is 0 Å². The number of nitrogens with two attached hydrogens (primary N) is 1. The van der Waals surface area contributed by atoms with Gasteiger partial charge in [-0.2, -0.15) is 5.26 Å². The Hall–Kier alpha value is -2.02. The van der Waals surface area contributed by atoms with Crippen molar-refractivity contribution in [2.24, 2.45) is 11.7 Å². The van der Waals surface area contributed by atoms with Crippen LogP contribution in [-0.4, -0.2) is 11.9 Å². The maximum Gasteiger partial charge on any atom is 0.220 e. The van der Waals surface area contributed by atoms with Gasteiger partial charge in [0, 0.05) is 17.6 Å². The van der Waals surface area contributed by atoms with Gasteiger partial charge in [-0.1, -0.05) is 0 Å². The molecular formula is C14H17N3O. The molecule has 1 aromatic rings. The normalized spacial score (nSPS) is 23.1. The van der Waals surface area contributed by atoms with Gasteiger partial charge in [-0.15, -0.1) is 0 Å². The van der Waals surface area contributed by atoms with Gasteiger partial charge in [0.05, 0.1) is 11.6 Å². The molecule has 1 aliphatic carbocycles. The minimum atomic E-state index is -0.174. The third-order valence-corrected chi connectivity index (χ3v) is 3.51. The molecule has 1 aromatic carbocycles. The minimum Gasteiger partial charge on any atom is -0.382 e. The summed E-state index contributed by atoms with van der Waals surface area (Å²) in [7, 11) is 0. The summed E-state index contributed by atoms with van der Waals surface area (Å²) >= 11 is 0. The van der Waals surface area contributed by atoms with Crippen molar-refractivity contribution in [3.8, 4) is 6.07 Å². The Morgan fingerprint density at radius 2 is 1.83 bits per heavy atom. The molecular weight excluding hydrogens is 226 g/mol. The van der Waals surface area contributed by atoms with Crippen molar-refractivity contribution in [1.82, 2.24) is 0 Å². The summed E-state index contributed by atoms with van der Waals surface area (Å²) in [4.78, 5) is 11.1. The molecule has 0 radical (unpaired) electrons. The molecule has 0 aliphatic heterocycles. The second kappa shape index (κ2) is 5.54. The molecule has 18 heavy (non-hydrogen) atoms. The van der Waals surface area contributed by atoms with Crippen molar-refractivity contribution < 1.29 is 4.79 Å². The molecule has 0 saturated heterocycles. The molecule has 94 valence electrons. The van der Waals surface area contributed by atoms with Crippen LogP contribution in [0.2, 0.25) is 0 Å². The van der Waals surface area contributed by atoms with Crippen molar-refractivity contribution in [3.05, 3.63) is 29.8 Å². The summed E-state index contributed by atoms with van der Waals surface area (Å²) in [5.41, 5.74) is 7.00. The van der Waals surface area contributed by atoms with Crippen LogP contribution in [0.15, 0.2) is 24.3 Å². The molecule has 0 bridgehead atoms. The quantitative estimate of drug-likeness (QED) is 0.852. The van der Waals surface area contributed by atoms with Crippen molar-refractivity contribution in [2.45, 2.75) is 31.7 Å². The van der Waals surface area contributed by atoms with Gasteiger partial charge < -0.3 is 11.1 Å². The van der Waals surface area contributed by atoms with Crippen LogP contribution < -0.4 is 11.1 Å². The highest BCUT2D eigenvalue weighted by molar-refractivity contribution is 5.76. The molecule has 0 atom stereocenters. The van der Waals surface area contributed by atoms with Crippen LogP contribution in [0.3, 0.4) is 0 Å². The van der Waals surface area contributed by atoms with Crippen LogP contribution in [0.4, 0.5) is 5.69 Å². The Morgan fingerprint density at radius 1 is 1.22 bits per heavy atom. The average molecular weight is 243 g/mol. The molecule has 0 unspecified atom stereocenters. The zero-order valence-electron chi connectivity index (χ0n) is 10.2. The van der Waals surface area contributed by atoms with Gasteiger partial charge in [0.2, 0.25) is 5.91 Å². The first-order chi connectivity index (χ1) is 8.69. The van der Waals surface area contributed by atoms with E-state index in [0.29, 0.717) is 11.6 Å². The molecule has 2 rings (SSSR count). The maximum absolute atomic E-state index is 11.1. The lowest BCUT2D eigenvalue weighted by atomic mass is 9.85. The van der Waals surface area contributed by atoms with Gasteiger partial charge in [-0.25, -0.2) is 0 Å². The zero-order chi connectivity index (χ0) is 13.0. The van der Waals surface area contributed by atoms with Crippen LogP contribution in [-0.2, 0) is 4.79 Å². The Bertz CT molecular complexity index is 453. The molecule has 1 aliphatic rings. The third-order valence-electron chi connectivity index (χ3n) is 3.51. The number of anilines is 1. The van der Waals surface area contributed by atoms with E-state index in [1.807, 2.05) is 12.1 Å². The molecule has 0 spiro atoms. The predicted molar refractivity (Wildman–Crippen MR) is 69.7 cm³/mol. The van der Waals surface area contributed by atoms with Gasteiger partial charge in [0.15, 0.2) is 0 Å². The number of nitriles is 1. The van der Waals surface area contributed by atoms with E-state index in [1.54, 1.807) is 12.1 Å². The van der Waals surface area contributed by atoms with E-state index < -0.39 is 0 Å². The summed E-state index contributed by atoms with van der Waals surface area (Å²) in [5.74, 6) is -0.129. The van der Waals surface area contributed by atoms with Crippen LogP contribution in [0.25, 0.3) is 0 Å². The number of carbonyl (C=O) groups excluding carboxylic acids is 1. The fraction of sp³-hybridized carbons (Fsp3) is 0.429. The van der Waals surface area contributed by atoms with Crippen LogP contribution >= 0.6 is 0 Å². The van der Waals surface area contributed by atoms with Crippen molar-refractivity contribution in [1.29, 1.82) is 5.26 Å². The number of carbonyl (C=O) groups is 1. The van der Waals surface area contributed by atoms with E-state index in [1.165, 1.54) is 0 Å². The van der Waals surface area contributed by atoms with Gasteiger partial charge >= 0.3 is 0 Å². The molecule has 1 saturated carbocycles. The lowest BCUT2D eigenvalue weighted by Gasteiger charge is -2.28. The highest BCUT2D eigenvalue weighted by Gasteiger charge is 2.24. The van der Waals surface area contributed by atoms with E-state index >= 15 is 0 Å². The molecule has 0 heterocycles. The van der Waals surface area contributed by atoms with Gasteiger partial charge in [-0.05, 0) is 49.9 Å². The number of hydrogen-bond donors (Lipinski definition) is 2. The Balaban J connectivity index is 1.87. The number of nitrogens with one attached hydrogen (secondary N) is 1. The van der Waals surface area contributed by atoms with E-state index in [-0.39, 0.29) is 11.8 Å². The molecule has 3 N–H and O–H groups in total. The Morgan fingerprint density at radius 3 is 2.33 bits per heavy atom. The van der Waals surface area contributed by atoms with E-state index in [0.717, 1.165) is 31.4 Å². The van der Waals surface area contributed by atoms with Crippen molar-refractivity contribution in [2.75, 3.05) is 5.32 Å². The van der Waals surface area contributed by atoms with Gasteiger partial charge in [0.25, 0.3) is 0 Å². The Labute approximate surface area is 107 Å². The monoisotopic (exact) mass is 243 g/mol. The first-order valence-corrected chi connectivity index (χ1v) is 6.25. The topological polar surface area (TPSA) is 78.9 Å². The number of nitrogens with zero attached hydrogens (tertiary/aromatic N) is 1. The summed E-state index contributed by atoms with van der Waals surface area (Å²) < 4.78 is 0. The lowest BCUT2D eigenvalue weighted by molar-refractivity contribution is -0.122. The van der Waals surface area contributed by atoms with Crippen LogP contribution in [0.1, 0.15) is 31.2 Å². The third kappa shape index (κ3) is 3.01. The lowest BCUT2D eigenvalue weighted by Crippen LogP contribution is -2.32. The van der Waals surface area contributed by atoms with Crippen LogP contribution in [0, 0.1) is 17.2 Å². The van der Waals surface area contributed by atoms with E-state index in [2.05, 4.69) is 11.4 Å². The SMILES string of the molecule is N#Cc1ccc(NC2CCC(C(N)=O)CC2)cc1. The average Bonchev–Trinajstić information content (AvgIpc) is 2.40. The largest absolute Gasteiger partial charge is 0.382 e. The molecule has 4 nitrogen and oxygen atoms in total. The summed E-state index contributed by atoms with van der Waals surface area (Å²) in [6.45, 7) is 0. The smallest absolute Gasteiger partial charge is 0.220 e. The molecule has 1 fully saturated rings. The maximum atomic E-state index is 11.1. The summed E-state index contributed by atoms with van der Waals surface area (Å²) in [6, 6.07) is 9.93. The first kappa shape index (κ1) is 12.4. The zero-order valence-corrected chi connectivity index (χ0v) is 10.2. The van der Waals surface area contributed by atoms with Crippen LogP contribution in [0.5, 0.6) is 0 Å². The van der Waals surface area contributed by atoms with Crippen molar-refractivity contribution >= 4 is 11.6 Å². The number of benzene rings is 1. The first-order valence-electron chi connectivity index (χ1n) is 6.25. The van der Waals surface area contributed by atoms with Gasteiger partial charge in [0.1, 0.15) is 0 Å². The molecule has 4 heteroatoms. The molecule has 0 aromatic heterocycles. The minimum absolute atomic E-state index is 0.0454. The summed E-state index contributed by atoms with van der Waals surface area (Å²) in [5, 5.41) is 12.1. The van der Waals surface area contributed by atoms with E-state index in [4.69, 9.17) is 11.0 Å². The fourth-order valence-electron chi connectivity index (χ4n) is 2.40. The number of primary amides is 1. The van der Waals surface area contributed by atoms with Gasteiger partial charge in [-0.3, -0.25) is 4.79 Å². The number of rotatable bonds is 3. The predicted octanol–water partition coefficient (Wildman–Crippen LogP) is 2.01. The van der Waals surface area contributed by atoms with E-state index in [9.17, 15) is 4.79 Å². The fourth-order valence-corrected chi connectivity index (χ4v) is 2.40. The highest BCUT2D eigenvalue weighted by Crippen LogP contribution is 2.26. The second-order valence-corrected chi connectivity index (χ2v) is 4.78. The number of amides is 1. The Kier molecular flexibility index (Phi) is 3.83. The number of hydrogen-bond acceptors (Lipinski definition) is 3.